The summed E-state index contributed by atoms with van der Waals surface area (Å²) >= 11 is 0. The van der Waals surface area contributed by atoms with Gasteiger partial charge in [0.2, 0.25) is 11.8 Å². The first kappa shape index (κ1) is 62.1. The van der Waals surface area contributed by atoms with Crippen molar-refractivity contribution in [2.45, 2.75) is 69.3 Å². The van der Waals surface area contributed by atoms with E-state index in [2.05, 4.69) is 41.1 Å². The second-order valence-corrected chi connectivity index (χ2v) is 23.6. The number of phosphoric ester groups is 1. The molecule has 2 aromatic carbocycles. The van der Waals surface area contributed by atoms with Gasteiger partial charge in [0, 0.05) is 42.6 Å². The van der Waals surface area contributed by atoms with E-state index in [1.807, 2.05) is 13.2 Å². The zero-order chi connectivity index (χ0) is 55.6. The molecular weight excluding hydrogens is 1100 g/mol. The number of aromatic nitrogens is 3. The summed E-state index contributed by atoms with van der Waals surface area (Å²) in [6.07, 6.45) is 1.46. The summed E-state index contributed by atoms with van der Waals surface area (Å²) in [7, 11) is -14.1. The van der Waals surface area contributed by atoms with E-state index in [0.717, 1.165) is 5.56 Å². The monoisotopic (exact) mass is 1160 g/mol. The average molecular weight is 1160 g/mol. The second kappa shape index (κ2) is 29.3. The number of carbonyl (C=O) groups is 4. The number of nitrogens with zero attached hydrogens (tertiary/aromatic N) is 3. The van der Waals surface area contributed by atoms with Crippen LogP contribution in [-0.2, 0) is 60.1 Å². The molecule has 1 saturated heterocycles. The number of anilines is 2. The maximum atomic E-state index is 13.6. The SMILES string of the molecule is CSSC(C)c1ccc(NC(=O)COCCOCCN)cc1C(=O)OCCCCC(=O)NCC#Cc1cn([C@H]2C[C@@H](OC(=O)c3ccccc3C(C)N)C(COP(=O)(O)OP(=O)(O)OP(=O)(O)O)O2)c2ncnc(N)c12. The molecule has 2 amide bonds. The normalized spacial score (nSPS) is 17.9. The first-order valence-electron chi connectivity index (χ1n) is 23.0. The van der Waals surface area contributed by atoms with Crippen LogP contribution in [-0.4, -0.2) is 129 Å². The molecule has 4 aromatic rings. The number of fused-ring (bicyclic) bond motifs is 1. The van der Waals surface area contributed by atoms with E-state index >= 15 is 0 Å². The molecule has 0 spiro atoms. The Bertz CT molecular complexity index is 2880. The summed E-state index contributed by atoms with van der Waals surface area (Å²) < 4.78 is 78.0. The molecule has 32 heteroatoms. The highest BCUT2D eigenvalue weighted by atomic mass is 33.1. The Balaban J connectivity index is 1.20. The summed E-state index contributed by atoms with van der Waals surface area (Å²) in [5.41, 5.74) is 20.2. The van der Waals surface area contributed by atoms with Gasteiger partial charge in [-0.1, -0.05) is 57.7 Å². The fourth-order valence-corrected chi connectivity index (χ4v) is 12.2. The molecule has 0 aliphatic carbocycles. The lowest BCUT2D eigenvalue weighted by atomic mass is 10.0. The van der Waals surface area contributed by atoms with Crippen LogP contribution in [0.3, 0.4) is 0 Å². The van der Waals surface area contributed by atoms with Gasteiger partial charge in [0.25, 0.3) is 0 Å². The molecule has 2 aromatic heterocycles. The lowest BCUT2D eigenvalue weighted by Gasteiger charge is -2.21. The number of hydrogen-bond acceptors (Lipinski definition) is 22. The minimum absolute atomic E-state index is 0.0155. The largest absolute Gasteiger partial charge is 0.490 e. The highest BCUT2D eigenvalue weighted by Gasteiger charge is 2.45. The molecule has 76 heavy (non-hydrogen) atoms. The Hall–Kier alpha value is -4.79. The van der Waals surface area contributed by atoms with Crippen LogP contribution in [0.5, 0.6) is 0 Å². The van der Waals surface area contributed by atoms with Crippen LogP contribution in [0.1, 0.15) is 94.5 Å². The summed E-state index contributed by atoms with van der Waals surface area (Å²) in [4.78, 5) is 98.3. The quantitative estimate of drug-likeness (QED) is 0.0120. The first-order valence-corrected chi connectivity index (χ1v) is 30.2. The number of rotatable bonds is 29. The molecule has 7 atom stereocenters. The van der Waals surface area contributed by atoms with Crippen molar-refractivity contribution in [3.8, 4) is 11.8 Å². The predicted octanol–water partition coefficient (Wildman–Crippen LogP) is 4.39. The number of unbranched alkanes of at least 4 members (excludes halogenated alkanes) is 1. The zero-order valence-corrected chi connectivity index (χ0v) is 45.5. The number of phosphoric acid groups is 3. The maximum absolute atomic E-state index is 13.6. The fraction of sp³-hybridized carbons (Fsp3) is 0.455. The Morgan fingerprint density at radius 3 is 2.39 bits per heavy atom. The van der Waals surface area contributed by atoms with Crippen molar-refractivity contribution in [1.29, 1.82) is 0 Å². The van der Waals surface area contributed by atoms with Gasteiger partial charge in [-0.3, -0.25) is 14.1 Å². The number of nitrogens with two attached hydrogens (primary N) is 3. The standard InChI is InChI=1S/C44H59N8O19P3S2/c1-27(46)31-10-4-5-11-33(31)44(56)69-35-22-39(68-36(35)24-67-73(60,61)71-74(62,63)70-72(57,58)59)52-23-29(40-41(47)49-26-50-42(40)52)9-8-16-48-37(53)12-6-7-17-66-43(55)34-21-30(13-14-32(34)28(2)76-75-3)51-38(54)25-65-20-19-64-18-15-45/h4-5,10-11,13-14,21,23,26-28,35-36,39H,6-7,12,15-20,22,24-25,45-46H2,1-3H3,(H,48,53)(H,51,54)(H,60,61)(H,62,63)(H2,47,49,50)(H2,57,58,59)/t27?,28?,35-,36?,39-/m1/s1. The molecule has 1 aliphatic heterocycles. The lowest BCUT2D eigenvalue weighted by Crippen LogP contribution is -2.31. The van der Waals surface area contributed by atoms with Gasteiger partial charge >= 0.3 is 35.4 Å². The number of benzene rings is 2. The molecule has 5 unspecified atom stereocenters. The van der Waals surface area contributed by atoms with E-state index in [0.29, 0.717) is 43.9 Å². The van der Waals surface area contributed by atoms with Crippen molar-refractivity contribution in [3.63, 3.8) is 0 Å². The van der Waals surface area contributed by atoms with Crippen molar-refractivity contribution < 1.29 is 89.3 Å². The first-order chi connectivity index (χ1) is 36.0. The van der Waals surface area contributed by atoms with E-state index in [4.69, 9.17) is 55.2 Å². The zero-order valence-electron chi connectivity index (χ0n) is 41.2. The Labute approximate surface area is 444 Å². The summed E-state index contributed by atoms with van der Waals surface area (Å²) in [5.74, 6) is 3.61. The van der Waals surface area contributed by atoms with Crippen molar-refractivity contribution >= 4 is 91.3 Å². The van der Waals surface area contributed by atoms with Crippen LogP contribution >= 0.6 is 45.1 Å². The minimum Gasteiger partial charge on any atom is -0.462 e. The van der Waals surface area contributed by atoms with E-state index in [1.54, 1.807) is 54.1 Å². The number of carbonyl (C=O) groups excluding carboxylic acids is 4. The van der Waals surface area contributed by atoms with Gasteiger partial charge in [0.1, 0.15) is 42.8 Å². The number of ether oxygens (including phenoxy) is 5. The summed E-state index contributed by atoms with van der Waals surface area (Å²) in [5, 5.41) is 5.64. The third kappa shape index (κ3) is 19.3. The van der Waals surface area contributed by atoms with Gasteiger partial charge < -0.3 is 75.7 Å². The molecule has 0 bridgehead atoms. The van der Waals surface area contributed by atoms with Gasteiger partial charge in [0.15, 0.2) is 0 Å². The van der Waals surface area contributed by atoms with Crippen LogP contribution in [0.25, 0.3) is 11.0 Å². The van der Waals surface area contributed by atoms with Gasteiger partial charge in [-0.25, -0.2) is 33.3 Å². The second-order valence-electron chi connectivity index (χ2n) is 16.4. The number of esters is 2. The summed E-state index contributed by atoms with van der Waals surface area (Å²) in [6, 6.07) is 10.8. The number of nitrogens with one attached hydrogen (secondary N) is 2. The molecule has 1 aliphatic rings. The van der Waals surface area contributed by atoms with Crippen LogP contribution < -0.4 is 27.8 Å². The van der Waals surface area contributed by atoms with Crippen molar-refractivity contribution in [2.75, 3.05) is 70.0 Å². The lowest BCUT2D eigenvalue weighted by molar-refractivity contribution is -0.121. The van der Waals surface area contributed by atoms with E-state index in [-0.39, 0.29) is 83.9 Å². The Morgan fingerprint density at radius 1 is 0.921 bits per heavy atom. The molecule has 1 fully saturated rings. The van der Waals surface area contributed by atoms with Crippen LogP contribution in [0.4, 0.5) is 11.5 Å². The summed E-state index contributed by atoms with van der Waals surface area (Å²) in [6.45, 7) is 3.60. The fourth-order valence-electron chi connectivity index (χ4n) is 7.35. The molecule has 5 rings (SSSR count). The third-order valence-corrected chi connectivity index (χ3v) is 16.6. The Kier molecular flexibility index (Phi) is 23.9. The van der Waals surface area contributed by atoms with Gasteiger partial charge in [0.05, 0.1) is 61.7 Å². The molecule has 27 nitrogen and oxygen atoms in total. The average Bonchev–Trinajstić information content (AvgIpc) is 3.93. The number of hydrogen-bond donors (Lipinski definition) is 9. The van der Waals surface area contributed by atoms with Crippen LogP contribution in [0.15, 0.2) is 55.0 Å². The van der Waals surface area contributed by atoms with E-state index in [9.17, 15) is 42.7 Å². The van der Waals surface area contributed by atoms with Gasteiger partial charge in [-0.15, -0.1) is 0 Å². The van der Waals surface area contributed by atoms with Crippen molar-refractivity contribution in [1.82, 2.24) is 19.9 Å². The van der Waals surface area contributed by atoms with Gasteiger partial charge in [-0.05, 0) is 62.3 Å². The predicted molar refractivity (Wildman–Crippen MR) is 278 cm³/mol. The Morgan fingerprint density at radius 2 is 1.67 bits per heavy atom. The molecule has 0 radical (unpaired) electrons. The highest BCUT2D eigenvalue weighted by molar-refractivity contribution is 8.76. The number of nitrogen functional groups attached to an aromatic ring is 1. The van der Waals surface area contributed by atoms with Crippen molar-refractivity contribution in [2.24, 2.45) is 11.5 Å². The molecule has 0 saturated carbocycles. The van der Waals surface area contributed by atoms with E-state index < -0.39 is 72.4 Å². The highest BCUT2D eigenvalue weighted by Crippen LogP contribution is 2.66. The minimum atomic E-state index is -5.87. The molecule has 416 valence electrons. The van der Waals surface area contributed by atoms with Crippen LogP contribution in [0, 0.1) is 11.8 Å². The third-order valence-electron chi connectivity index (χ3n) is 10.6. The molecule has 3 heterocycles. The molecule has 12 N–H and O–H groups in total. The maximum Gasteiger partial charge on any atom is 0.490 e. The van der Waals surface area contributed by atoms with Crippen molar-refractivity contribution in [3.05, 3.63) is 82.8 Å². The smallest absolute Gasteiger partial charge is 0.462 e. The number of amides is 2. The molecular formula is C44H59N8O19P3S2. The topological polar surface area (TPSA) is 407 Å². The van der Waals surface area contributed by atoms with E-state index in [1.165, 1.54) is 34.0 Å². The van der Waals surface area contributed by atoms with Gasteiger partial charge in [-0.2, -0.15) is 8.62 Å². The van der Waals surface area contributed by atoms with Crippen LogP contribution in [0.2, 0.25) is 0 Å².